The first-order valence-corrected chi connectivity index (χ1v) is 16.1. The molecule has 1 aromatic carbocycles. The molecule has 4 rings (SSSR count). The van der Waals surface area contributed by atoms with E-state index in [1.165, 1.54) is 19.2 Å². The second-order valence-corrected chi connectivity index (χ2v) is 10.7. The van der Waals surface area contributed by atoms with Crippen molar-refractivity contribution < 1.29 is 33.0 Å². The minimum absolute atomic E-state index is 0.0496. The van der Waals surface area contributed by atoms with Gasteiger partial charge in [-0.15, -0.1) is 0 Å². The first kappa shape index (κ1) is 40.8. The maximum Gasteiger partial charge on any atom is 0.309 e. The largest absolute Gasteiger partial charge is 0.469 e. The molecule has 47 heavy (non-hydrogen) atoms. The van der Waals surface area contributed by atoms with Gasteiger partial charge >= 0.3 is 5.97 Å². The number of nitro groups is 2. The topological polar surface area (TPSA) is 139 Å². The first-order valence-electron chi connectivity index (χ1n) is 16.1. The third-order valence-corrected chi connectivity index (χ3v) is 8.12. The van der Waals surface area contributed by atoms with Crippen LogP contribution in [0, 0.1) is 32.0 Å². The zero-order valence-corrected chi connectivity index (χ0v) is 28.2. The highest BCUT2D eigenvalue weighted by molar-refractivity contribution is 5.84. The number of halogens is 2. The molecule has 1 atom stereocenters. The Balaban J connectivity index is 0.000000672. The predicted octanol–water partition coefficient (Wildman–Crippen LogP) is 6.45. The quantitative estimate of drug-likeness (QED) is 0.133. The van der Waals surface area contributed by atoms with Crippen LogP contribution >= 0.6 is 0 Å². The molecular weight excluding hydrogens is 616 g/mol. The third kappa shape index (κ3) is 12.2. The summed E-state index contributed by atoms with van der Waals surface area (Å²) >= 11 is 0. The number of piperidine rings is 3. The molecule has 1 aromatic rings. The lowest BCUT2D eigenvalue weighted by atomic mass is 9.92. The summed E-state index contributed by atoms with van der Waals surface area (Å²) in [6, 6.07) is 4.48. The van der Waals surface area contributed by atoms with Gasteiger partial charge in [0.05, 0.1) is 40.7 Å². The fraction of sp³-hybridized carbons (Fsp3) is 0.576. The molecule has 3 fully saturated rings. The predicted molar refractivity (Wildman–Crippen MR) is 178 cm³/mol. The Bertz CT molecular complexity index is 1260. The molecule has 0 aliphatic carbocycles. The molecule has 12 nitrogen and oxygen atoms in total. The summed E-state index contributed by atoms with van der Waals surface area (Å²) in [4.78, 5) is 50.2. The van der Waals surface area contributed by atoms with E-state index in [0.717, 1.165) is 50.9 Å². The molecule has 3 saturated heterocycles. The Labute approximate surface area is 276 Å². The Morgan fingerprint density at radius 1 is 0.979 bits per heavy atom. The highest BCUT2D eigenvalue weighted by atomic mass is 19.1. The van der Waals surface area contributed by atoms with E-state index >= 15 is 0 Å². The van der Waals surface area contributed by atoms with E-state index in [2.05, 4.69) is 18.1 Å². The number of hydrogen-bond acceptors (Lipinski definition) is 9. The Morgan fingerprint density at radius 2 is 1.55 bits per heavy atom. The highest BCUT2D eigenvalue weighted by Gasteiger charge is 2.37. The van der Waals surface area contributed by atoms with E-state index in [9.17, 15) is 38.6 Å². The molecule has 0 radical (unpaired) electrons. The number of amides is 1. The standard InChI is InChI=1S/C23H31FN4O5.C6H6FNO2.2C2H6/c1-33-23(30)16-4-13-27(22(29)14-16)18-7-9-25(10-8-18)17-5-11-26(12-6-17)21-3-2-19(28(31)32)15-20(21)24;1-3-6(8(9)10)4-5(2)7;2*1-2/h2-3,15-18H,4-14H2,1H3;3-4H,1-2H2;2*1-2H3/b;6-4+;;. The Kier molecular flexibility index (Phi) is 18.1. The van der Waals surface area contributed by atoms with Gasteiger partial charge in [-0.3, -0.25) is 29.8 Å². The minimum Gasteiger partial charge on any atom is -0.469 e. The Hall–Kier alpha value is -4.20. The van der Waals surface area contributed by atoms with Crippen LogP contribution in [0.2, 0.25) is 0 Å². The van der Waals surface area contributed by atoms with Gasteiger partial charge in [0.25, 0.3) is 11.4 Å². The SMILES string of the molecule is C=C/C(=C\C(=C)F)[N+](=O)[O-].CC.CC.COC(=O)C1CCN(C2CCN(C3CCN(c4ccc([N+](=O)[O-])cc4F)CC3)CC2)C(=O)C1. The van der Waals surface area contributed by atoms with Crippen LogP contribution in [0.5, 0.6) is 0 Å². The second-order valence-electron chi connectivity index (χ2n) is 10.7. The zero-order chi connectivity index (χ0) is 35.7. The maximum absolute atomic E-state index is 14.4. The first-order chi connectivity index (χ1) is 22.4. The number of likely N-dealkylation sites (tertiary alicyclic amines) is 2. The van der Waals surface area contributed by atoms with Crippen molar-refractivity contribution in [3.05, 3.63) is 81.1 Å². The van der Waals surface area contributed by atoms with Crippen molar-refractivity contribution in [2.45, 2.75) is 78.3 Å². The molecule has 0 aromatic heterocycles. The van der Waals surface area contributed by atoms with E-state index < -0.39 is 27.2 Å². The van der Waals surface area contributed by atoms with E-state index in [1.807, 2.05) is 37.5 Å². The molecule has 1 unspecified atom stereocenters. The van der Waals surface area contributed by atoms with Crippen molar-refractivity contribution in [1.82, 2.24) is 9.80 Å². The lowest BCUT2D eigenvalue weighted by molar-refractivity contribution is -0.419. The van der Waals surface area contributed by atoms with E-state index in [4.69, 9.17) is 4.74 Å². The zero-order valence-electron chi connectivity index (χ0n) is 28.2. The van der Waals surface area contributed by atoms with Gasteiger partial charge in [0.15, 0.2) is 5.82 Å². The third-order valence-electron chi connectivity index (χ3n) is 8.12. The average Bonchev–Trinajstić information content (AvgIpc) is 3.08. The summed E-state index contributed by atoms with van der Waals surface area (Å²) in [5, 5.41) is 20.8. The van der Waals surface area contributed by atoms with E-state index in [-0.39, 0.29) is 35.9 Å². The lowest BCUT2D eigenvalue weighted by Gasteiger charge is -2.45. The number of methoxy groups -OCH3 is 1. The molecule has 3 aliphatic heterocycles. The second kappa shape index (κ2) is 20.8. The van der Waals surface area contributed by atoms with Crippen LogP contribution < -0.4 is 4.90 Å². The van der Waals surface area contributed by atoms with Gasteiger partial charge in [0, 0.05) is 63.4 Å². The smallest absolute Gasteiger partial charge is 0.309 e. The van der Waals surface area contributed by atoms with Gasteiger partial charge < -0.3 is 19.4 Å². The molecule has 14 heteroatoms. The van der Waals surface area contributed by atoms with Crippen LogP contribution in [0.25, 0.3) is 0 Å². The number of ether oxygens (including phenoxy) is 1. The minimum atomic E-state index is -0.855. The fourth-order valence-electron chi connectivity index (χ4n) is 5.85. The summed E-state index contributed by atoms with van der Waals surface area (Å²) in [7, 11) is 1.36. The normalized spacial score (nSPS) is 19.1. The van der Waals surface area contributed by atoms with Crippen LogP contribution in [0.4, 0.5) is 20.2 Å². The number of nitrogens with zero attached hydrogens (tertiary/aromatic N) is 5. The van der Waals surface area contributed by atoms with Crippen molar-refractivity contribution in [3.8, 4) is 0 Å². The summed E-state index contributed by atoms with van der Waals surface area (Å²) in [5.41, 5.74) is -0.207. The van der Waals surface area contributed by atoms with E-state index in [1.54, 1.807) is 0 Å². The number of allylic oxidation sites excluding steroid dienone is 3. The number of rotatable bonds is 8. The van der Waals surface area contributed by atoms with Crippen molar-refractivity contribution in [2.24, 2.45) is 5.92 Å². The highest BCUT2D eigenvalue weighted by Crippen LogP contribution is 2.30. The molecule has 262 valence electrons. The molecule has 0 spiro atoms. The molecular formula is C33H49F2N5O7. The van der Waals surface area contributed by atoms with Crippen molar-refractivity contribution in [2.75, 3.05) is 44.7 Å². The number of esters is 1. The number of hydrogen-bond donors (Lipinski definition) is 0. The van der Waals surface area contributed by atoms with Crippen molar-refractivity contribution >= 4 is 23.3 Å². The van der Waals surface area contributed by atoms with Crippen molar-refractivity contribution in [3.63, 3.8) is 0 Å². The number of carbonyl (C=O) groups excluding carboxylic acids is 2. The summed E-state index contributed by atoms with van der Waals surface area (Å²) in [5.74, 6) is -1.97. The van der Waals surface area contributed by atoms with Crippen LogP contribution in [0.1, 0.15) is 66.2 Å². The van der Waals surface area contributed by atoms with Gasteiger partial charge in [0.2, 0.25) is 5.91 Å². The number of benzene rings is 1. The molecule has 3 heterocycles. The van der Waals surface area contributed by atoms with Gasteiger partial charge in [-0.1, -0.05) is 40.9 Å². The molecule has 3 aliphatic rings. The summed E-state index contributed by atoms with van der Waals surface area (Å²) in [6.45, 7) is 17.8. The van der Waals surface area contributed by atoms with Crippen LogP contribution in [0.15, 0.2) is 55.0 Å². The van der Waals surface area contributed by atoms with Crippen molar-refractivity contribution in [1.29, 1.82) is 0 Å². The van der Waals surface area contributed by atoms with Crippen LogP contribution in [-0.2, 0) is 14.3 Å². The van der Waals surface area contributed by atoms with Gasteiger partial charge in [-0.2, -0.15) is 0 Å². The van der Waals surface area contributed by atoms with Crippen LogP contribution in [0.3, 0.4) is 0 Å². The summed E-state index contributed by atoms with van der Waals surface area (Å²) in [6.07, 6.45) is 6.21. The molecule has 0 bridgehead atoms. The summed E-state index contributed by atoms with van der Waals surface area (Å²) < 4.78 is 31.0. The fourth-order valence-corrected chi connectivity index (χ4v) is 5.85. The Morgan fingerprint density at radius 3 is 1.98 bits per heavy atom. The molecule has 0 saturated carbocycles. The van der Waals surface area contributed by atoms with Gasteiger partial charge in [-0.25, -0.2) is 8.78 Å². The lowest BCUT2D eigenvalue weighted by Crippen LogP contribution is -2.54. The average molecular weight is 666 g/mol. The number of carbonyl (C=O) groups is 2. The van der Waals surface area contributed by atoms with Crippen LogP contribution in [-0.4, -0.2) is 83.4 Å². The molecule has 1 amide bonds. The monoisotopic (exact) mass is 665 g/mol. The van der Waals surface area contributed by atoms with E-state index in [0.29, 0.717) is 43.9 Å². The number of non-ortho nitro benzene ring substituents is 1. The van der Waals surface area contributed by atoms with Gasteiger partial charge in [0.1, 0.15) is 5.83 Å². The number of nitro benzene ring substituents is 1. The van der Waals surface area contributed by atoms with Gasteiger partial charge in [-0.05, 0) is 38.2 Å². The number of anilines is 1. The maximum atomic E-state index is 14.4. The molecule has 0 N–H and O–H groups in total.